The highest BCUT2D eigenvalue weighted by Gasteiger charge is 2.47. The van der Waals surface area contributed by atoms with Gasteiger partial charge in [-0.25, -0.2) is 4.79 Å². The van der Waals surface area contributed by atoms with Crippen molar-refractivity contribution in [2.45, 2.75) is 108 Å². The number of esters is 1. The number of carboxylic acid groups (broad SMARTS) is 1. The van der Waals surface area contributed by atoms with Gasteiger partial charge in [-0.1, -0.05) is 83.9 Å². The summed E-state index contributed by atoms with van der Waals surface area (Å²) in [7, 11) is 1.38. The molecule has 4 aliphatic rings. The van der Waals surface area contributed by atoms with Crippen LogP contribution in [0.5, 0.6) is 0 Å². The van der Waals surface area contributed by atoms with Crippen molar-refractivity contribution in [2.24, 2.45) is 5.73 Å². The second-order valence-electron chi connectivity index (χ2n) is 16.4. The van der Waals surface area contributed by atoms with E-state index in [-0.39, 0.29) is 35.0 Å². The Morgan fingerprint density at radius 1 is 0.729 bits per heavy atom. The van der Waals surface area contributed by atoms with Crippen LogP contribution in [0.3, 0.4) is 0 Å². The highest BCUT2D eigenvalue weighted by atomic mass is 19.4. The first-order chi connectivity index (χ1) is 28.1. The van der Waals surface area contributed by atoms with Crippen LogP contribution >= 0.6 is 0 Å². The monoisotopic (exact) mass is 812 g/mol. The third-order valence-electron chi connectivity index (χ3n) is 11.9. The van der Waals surface area contributed by atoms with Crippen molar-refractivity contribution >= 4 is 17.8 Å². The lowest BCUT2D eigenvalue weighted by atomic mass is 10.0. The van der Waals surface area contributed by atoms with Crippen LogP contribution in [0.1, 0.15) is 101 Å². The lowest BCUT2D eigenvalue weighted by Crippen LogP contribution is -2.46. The molecule has 2 atom stereocenters. The van der Waals surface area contributed by atoms with E-state index < -0.39 is 17.7 Å². The fraction of sp³-hybridized carbons (Fsp3) is 0.426. The Bertz CT molecular complexity index is 2050. The Morgan fingerprint density at radius 2 is 1.20 bits per heavy atom. The summed E-state index contributed by atoms with van der Waals surface area (Å²) in [6.07, 6.45) is 3.07. The molecule has 4 aromatic rings. The zero-order valence-corrected chi connectivity index (χ0v) is 34.1. The van der Waals surface area contributed by atoms with Crippen LogP contribution in [-0.4, -0.2) is 65.0 Å². The number of nitrogens with zero attached hydrogens (tertiary/aromatic N) is 2. The van der Waals surface area contributed by atoms with Crippen LogP contribution in [-0.2, 0) is 44.7 Å². The average molecular weight is 813 g/mol. The number of alkyl halides is 3. The number of hydrogen-bond donors (Lipinski definition) is 3. The smallest absolute Gasteiger partial charge is 0.416 e. The van der Waals surface area contributed by atoms with Gasteiger partial charge in [-0.3, -0.25) is 19.4 Å². The van der Waals surface area contributed by atoms with Crippen LogP contribution in [0.15, 0.2) is 97.1 Å². The van der Waals surface area contributed by atoms with E-state index >= 15 is 0 Å². The first kappa shape index (κ1) is 43.5. The number of carbonyl (C=O) groups excluding carboxylic acids is 2. The number of aliphatic carboxylic acids is 1. The van der Waals surface area contributed by atoms with Crippen molar-refractivity contribution < 1.29 is 37.4 Å². The van der Waals surface area contributed by atoms with Crippen molar-refractivity contribution in [3.63, 3.8) is 0 Å². The Morgan fingerprint density at radius 3 is 1.68 bits per heavy atom. The van der Waals surface area contributed by atoms with Crippen molar-refractivity contribution in [3.05, 3.63) is 142 Å². The second kappa shape index (κ2) is 18.5. The lowest BCUT2D eigenvalue weighted by molar-refractivity contribution is -0.142. The van der Waals surface area contributed by atoms with Crippen molar-refractivity contribution in [2.75, 3.05) is 20.2 Å². The fourth-order valence-electron chi connectivity index (χ4n) is 7.85. The van der Waals surface area contributed by atoms with E-state index in [0.717, 1.165) is 99.8 Å². The van der Waals surface area contributed by atoms with Gasteiger partial charge < -0.3 is 20.9 Å². The van der Waals surface area contributed by atoms with Gasteiger partial charge in [0.2, 0.25) is 5.91 Å². The SMILES string of the molecule is COC(=O)c1ccc(C2(N)CC2)cc1.Cc1ccc(C2(NC(=O)C3CCCN3Cc3ccc(C(F)(F)F)cc3)CC2)cc1.Cc1ccc(CN2CCCC2C(=O)O)cc1. The number of hydrogen-bond acceptors (Lipinski definition) is 7. The molecule has 2 heterocycles. The molecule has 4 fully saturated rings. The van der Waals surface area contributed by atoms with Gasteiger partial charge in [0.05, 0.1) is 29.8 Å². The summed E-state index contributed by atoms with van der Waals surface area (Å²) in [6, 6.07) is 28.6. The predicted octanol–water partition coefficient (Wildman–Crippen LogP) is 8.25. The fourth-order valence-corrected chi connectivity index (χ4v) is 7.85. The van der Waals surface area contributed by atoms with Crippen LogP contribution in [0.4, 0.5) is 13.2 Å². The molecule has 0 spiro atoms. The number of carboxylic acids is 1. The molecule has 1 amide bonds. The first-order valence-corrected chi connectivity index (χ1v) is 20.4. The minimum atomic E-state index is -4.33. The number of carbonyl (C=O) groups is 3. The van der Waals surface area contributed by atoms with Gasteiger partial charge in [0, 0.05) is 18.6 Å². The molecule has 4 aromatic carbocycles. The lowest BCUT2D eigenvalue weighted by Gasteiger charge is -2.27. The normalized spacial score (nSPS) is 20.3. The largest absolute Gasteiger partial charge is 0.480 e. The van der Waals surface area contributed by atoms with E-state index in [1.807, 2.05) is 24.0 Å². The van der Waals surface area contributed by atoms with E-state index in [4.69, 9.17) is 10.8 Å². The van der Waals surface area contributed by atoms with E-state index in [9.17, 15) is 27.6 Å². The van der Waals surface area contributed by atoms with E-state index in [1.54, 1.807) is 12.1 Å². The highest BCUT2D eigenvalue weighted by molar-refractivity contribution is 5.89. The van der Waals surface area contributed by atoms with Crippen molar-refractivity contribution in [1.29, 1.82) is 0 Å². The van der Waals surface area contributed by atoms with Crippen molar-refractivity contribution in [1.82, 2.24) is 15.1 Å². The molecule has 0 radical (unpaired) electrons. The maximum Gasteiger partial charge on any atom is 0.416 e. The third-order valence-corrected chi connectivity index (χ3v) is 11.9. The van der Waals surface area contributed by atoms with Gasteiger partial charge in [0.25, 0.3) is 0 Å². The van der Waals surface area contributed by atoms with E-state index in [2.05, 4.69) is 70.4 Å². The first-order valence-electron chi connectivity index (χ1n) is 20.4. The molecule has 0 aromatic heterocycles. The summed E-state index contributed by atoms with van der Waals surface area (Å²) >= 11 is 0. The summed E-state index contributed by atoms with van der Waals surface area (Å²) in [4.78, 5) is 39.3. The van der Waals surface area contributed by atoms with Crippen LogP contribution in [0, 0.1) is 13.8 Å². The molecule has 2 aliphatic carbocycles. The summed E-state index contributed by atoms with van der Waals surface area (Å²) in [6.45, 7) is 6.99. The Kier molecular flexibility index (Phi) is 13.6. The van der Waals surface area contributed by atoms with E-state index in [1.165, 1.54) is 35.9 Å². The number of nitrogens with two attached hydrogens (primary N) is 1. The number of halogens is 3. The van der Waals surface area contributed by atoms with E-state index in [0.29, 0.717) is 12.1 Å². The Balaban J connectivity index is 0.000000164. The van der Waals surface area contributed by atoms with Gasteiger partial charge in [0.1, 0.15) is 6.04 Å². The standard InChI is InChI=1S/C23H25F3N2O.C13H17NO2.C11H13NO2/c1-16-4-8-18(9-5-16)22(12-13-22)27-21(29)20-3-2-14-28(20)15-17-6-10-19(11-7-17)23(24,25)26;1-10-4-6-11(7-5-10)9-14-8-2-3-12(14)13(15)16;1-14-10(13)8-2-4-9(5-3-8)11(12)6-7-11/h4-11,20H,2-3,12-15H2,1H3,(H,27,29);4-7,12H,2-3,8-9H2,1H3,(H,15,16);2-5H,6-7,12H2,1H3. The topological polar surface area (TPSA) is 125 Å². The van der Waals surface area contributed by atoms with Crippen LogP contribution in [0.2, 0.25) is 0 Å². The highest BCUT2D eigenvalue weighted by Crippen LogP contribution is 2.46. The molecule has 2 unspecified atom stereocenters. The number of methoxy groups -OCH3 is 1. The molecule has 4 N–H and O–H groups in total. The summed E-state index contributed by atoms with van der Waals surface area (Å²) in [5.41, 5.74) is 12.2. The maximum absolute atomic E-state index is 13.0. The van der Waals surface area contributed by atoms with Crippen LogP contribution < -0.4 is 11.1 Å². The van der Waals surface area contributed by atoms with Gasteiger partial charge in [-0.05, 0) is 125 Å². The maximum atomic E-state index is 13.0. The summed E-state index contributed by atoms with van der Waals surface area (Å²) in [5, 5.41) is 12.3. The number of benzene rings is 4. The van der Waals surface area contributed by atoms with Gasteiger partial charge in [-0.15, -0.1) is 0 Å². The molecule has 9 nitrogen and oxygen atoms in total. The van der Waals surface area contributed by atoms with Gasteiger partial charge >= 0.3 is 18.1 Å². The number of likely N-dealkylation sites (tertiary alicyclic amines) is 2. The van der Waals surface area contributed by atoms with Gasteiger partial charge in [-0.2, -0.15) is 13.2 Å². The quantitative estimate of drug-likeness (QED) is 0.137. The number of aryl methyl sites for hydroxylation is 2. The number of nitrogens with one attached hydrogen (secondary N) is 1. The molecule has 2 saturated carbocycles. The summed E-state index contributed by atoms with van der Waals surface area (Å²) in [5.74, 6) is -0.976. The molecular formula is C47H55F3N4O5. The number of amides is 1. The average Bonchev–Trinajstić information content (AvgIpc) is 4.05. The molecule has 314 valence electrons. The molecule has 0 bridgehead atoms. The molecule has 59 heavy (non-hydrogen) atoms. The molecule has 12 heteroatoms. The van der Waals surface area contributed by atoms with Gasteiger partial charge in [0.15, 0.2) is 0 Å². The predicted molar refractivity (Wildman–Crippen MR) is 220 cm³/mol. The summed E-state index contributed by atoms with van der Waals surface area (Å²) < 4.78 is 42.9. The molecule has 8 rings (SSSR count). The zero-order chi connectivity index (χ0) is 42.4. The number of ether oxygens (including phenoxy) is 1. The minimum Gasteiger partial charge on any atom is -0.480 e. The van der Waals surface area contributed by atoms with Crippen LogP contribution in [0.25, 0.3) is 0 Å². The second-order valence-corrected chi connectivity index (χ2v) is 16.4. The third kappa shape index (κ3) is 11.4. The molecule has 2 aliphatic heterocycles. The Labute approximate surface area is 344 Å². The number of rotatable bonds is 10. The minimum absolute atomic E-state index is 0.0208. The molecular weight excluding hydrogens is 758 g/mol. The Hall–Kier alpha value is -5.04. The zero-order valence-electron chi connectivity index (χ0n) is 34.1. The molecule has 2 saturated heterocycles. The van der Waals surface area contributed by atoms with Crippen molar-refractivity contribution in [3.8, 4) is 0 Å².